The minimum Gasteiger partial charge on any atom is -0.321 e. The zero-order chi connectivity index (χ0) is 22.3. The van der Waals surface area contributed by atoms with Crippen molar-refractivity contribution in [2.45, 2.75) is 0 Å². The van der Waals surface area contributed by atoms with E-state index in [0.29, 0.717) is 27.8 Å². The molecule has 0 spiro atoms. The lowest BCUT2D eigenvalue weighted by Gasteiger charge is -2.17. The molecule has 2 amide bonds. The number of carbonyl (C=O) groups is 2. The quantitative estimate of drug-likeness (QED) is 0.384. The predicted octanol–water partition coefficient (Wildman–Crippen LogP) is 6.38. The molecule has 2 aromatic carbocycles. The number of halogens is 4. The van der Waals surface area contributed by atoms with Crippen LogP contribution >= 0.6 is 48.8 Å². The second-order valence-corrected chi connectivity index (χ2v) is 7.14. The van der Waals surface area contributed by atoms with E-state index in [1.54, 1.807) is 78.1 Å². The third kappa shape index (κ3) is 7.83. The Morgan fingerprint density at radius 2 is 1.60 bits per heavy atom. The molecule has 3 aromatic rings. The van der Waals surface area contributed by atoms with Gasteiger partial charge in [-0.3, -0.25) is 9.59 Å². The third-order valence-corrected chi connectivity index (χ3v) is 4.72. The fraction of sp³-hybridized carbons (Fsp3) is 0. The largest absolute Gasteiger partial charge is 0.321 e. The number of carbonyl (C=O) groups excluding carboxylic acids is 2. The number of anilines is 3. The molecule has 2 heterocycles. The SMILES string of the molecule is Cl.Cl.Cl.O=C(Nc1cc(N2C=CC=CC=N2)ccc1C(=O)Nc1ccc(Cl)cn1)c1ccccc1. The van der Waals surface area contributed by atoms with Gasteiger partial charge in [-0.15, -0.1) is 37.2 Å². The van der Waals surface area contributed by atoms with E-state index in [-0.39, 0.29) is 48.7 Å². The Balaban J connectivity index is 0.00000204. The Bertz CT molecular complexity index is 1220. The highest BCUT2D eigenvalue weighted by molar-refractivity contribution is 6.30. The first-order valence-electron chi connectivity index (χ1n) is 9.70. The van der Waals surface area contributed by atoms with Crippen molar-refractivity contribution in [3.05, 3.63) is 107 Å². The fourth-order valence-corrected chi connectivity index (χ4v) is 3.05. The Hall–Kier alpha value is -3.36. The van der Waals surface area contributed by atoms with Gasteiger partial charge in [0.05, 0.1) is 22.0 Å². The summed E-state index contributed by atoms with van der Waals surface area (Å²) < 4.78 is 0. The van der Waals surface area contributed by atoms with E-state index in [9.17, 15) is 9.59 Å². The van der Waals surface area contributed by atoms with Gasteiger partial charge in [-0.2, -0.15) is 5.10 Å². The summed E-state index contributed by atoms with van der Waals surface area (Å²) in [6.45, 7) is 0. The molecule has 35 heavy (non-hydrogen) atoms. The molecule has 1 aromatic heterocycles. The van der Waals surface area contributed by atoms with Gasteiger partial charge in [0.15, 0.2) is 0 Å². The van der Waals surface area contributed by atoms with E-state index < -0.39 is 5.91 Å². The maximum absolute atomic E-state index is 13.0. The first kappa shape index (κ1) is 29.7. The number of nitrogens with zero attached hydrogens (tertiary/aromatic N) is 3. The summed E-state index contributed by atoms with van der Waals surface area (Å²) in [6.07, 6.45) is 10.3. The number of hydrogen-bond acceptors (Lipinski definition) is 5. The minimum absolute atomic E-state index is 0. The first-order chi connectivity index (χ1) is 15.6. The number of rotatable bonds is 5. The highest BCUT2D eigenvalue weighted by atomic mass is 35.5. The van der Waals surface area contributed by atoms with Gasteiger partial charge in [0.2, 0.25) is 0 Å². The van der Waals surface area contributed by atoms with Gasteiger partial charge in [0.1, 0.15) is 5.82 Å². The van der Waals surface area contributed by atoms with Crippen LogP contribution in [0.3, 0.4) is 0 Å². The second-order valence-electron chi connectivity index (χ2n) is 6.70. The Labute approximate surface area is 226 Å². The molecular formula is C24H21Cl4N5O2. The Kier molecular flexibility index (Phi) is 12.0. The molecule has 0 saturated carbocycles. The molecule has 182 valence electrons. The Morgan fingerprint density at radius 1 is 0.829 bits per heavy atom. The number of hydrazone groups is 1. The fourth-order valence-electron chi connectivity index (χ4n) is 2.94. The van der Waals surface area contributed by atoms with E-state index >= 15 is 0 Å². The average molecular weight is 553 g/mol. The summed E-state index contributed by atoms with van der Waals surface area (Å²) >= 11 is 5.86. The van der Waals surface area contributed by atoms with E-state index in [2.05, 4.69) is 20.7 Å². The van der Waals surface area contributed by atoms with Gasteiger partial charge in [-0.1, -0.05) is 35.9 Å². The van der Waals surface area contributed by atoms with Gasteiger partial charge in [0, 0.05) is 24.2 Å². The van der Waals surface area contributed by atoms with Crippen molar-refractivity contribution in [3.63, 3.8) is 0 Å². The molecule has 2 N–H and O–H groups in total. The van der Waals surface area contributed by atoms with Crippen LogP contribution in [-0.4, -0.2) is 23.0 Å². The van der Waals surface area contributed by atoms with Crippen LogP contribution in [-0.2, 0) is 0 Å². The van der Waals surface area contributed by atoms with Crippen molar-refractivity contribution in [1.29, 1.82) is 0 Å². The third-order valence-electron chi connectivity index (χ3n) is 4.49. The monoisotopic (exact) mass is 551 g/mol. The van der Waals surface area contributed by atoms with Crippen LogP contribution in [0.4, 0.5) is 17.2 Å². The van der Waals surface area contributed by atoms with Crippen LogP contribution < -0.4 is 15.6 Å². The molecule has 1 aliphatic heterocycles. The average Bonchev–Trinajstić information content (AvgIpc) is 3.11. The van der Waals surface area contributed by atoms with Crippen LogP contribution in [0.15, 0.2) is 96.4 Å². The van der Waals surface area contributed by atoms with Gasteiger partial charge in [0.25, 0.3) is 11.8 Å². The number of benzene rings is 2. The molecule has 0 saturated heterocycles. The predicted molar refractivity (Wildman–Crippen MR) is 149 cm³/mol. The molecule has 7 nitrogen and oxygen atoms in total. The van der Waals surface area contributed by atoms with Crippen molar-refractivity contribution in [3.8, 4) is 0 Å². The van der Waals surface area contributed by atoms with Gasteiger partial charge in [-0.05, 0) is 54.6 Å². The normalized spacial score (nSPS) is 11.3. The van der Waals surface area contributed by atoms with Gasteiger partial charge >= 0.3 is 0 Å². The maximum atomic E-state index is 13.0. The topological polar surface area (TPSA) is 86.7 Å². The molecule has 0 unspecified atom stereocenters. The highest BCUT2D eigenvalue weighted by Gasteiger charge is 2.17. The maximum Gasteiger partial charge on any atom is 0.258 e. The lowest BCUT2D eigenvalue weighted by Crippen LogP contribution is -2.19. The molecule has 0 aliphatic carbocycles. The summed E-state index contributed by atoms with van der Waals surface area (Å²) in [6, 6.07) is 17.1. The summed E-state index contributed by atoms with van der Waals surface area (Å²) in [7, 11) is 0. The molecule has 0 bridgehead atoms. The number of nitrogens with one attached hydrogen (secondary N) is 2. The number of aromatic nitrogens is 1. The molecule has 1 aliphatic rings. The summed E-state index contributed by atoms with van der Waals surface area (Å²) in [5.74, 6) is -0.417. The molecular weight excluding hydrogens is 532 g/mol. The van der Waals surface area contributed by atoms with E-state index in [4.69, 9.17) is 11.6 Å². The highest BCUT2D eigenvalue weighted by Crippen LogP contribution is 2.26. The number of pyridine rings is 1. The zero-order valence-electron chi connectivity index (χ0n) is 18.0. The van der Waals surface area contributed by atoms with E-state index in [1.807, 2.05) is 18.2 Å². The van der Waals surface area contributed by atoms with Gasteiger partial charge in [-0.25, -0.2) is 9.99 Å². The molecule has 0 radical (unpaired) electrons. The number of hydrogen-bond donors (Lipinski definition) is 2. The number of allylic oxidation sites excluding steroid dienone is 3. The van der Waals surface area contributed by atoms with Crippen LogP contribution in [0.1, 0.15) is 20.7 Å². The van der Waals surface area contributed by atoms with Crippen molar-refractivity contribution >= 4 is 84.0 Å². The van der Waals surface area contributed by atoms with E-state index in [1.165, 1.54) is 6.20 Å². The van der Waals surface area contributed by atoms with Crippen molar-refractivity contribution in [2.24, 2.45) is 5.10 Å². The van der Waals surface area contributed by atoms with Crippen LogP contribution in [0.25, 0.3) is 0 Å². The summed E-state index contributed by atoms with van der Waals surface area (Å²) in [5.41, 5.74) is 1.76. The smallest absolute Gasteiger partial charge is 0.258 e. The van der Waals surface area contributed by atoms with Crippen molar-refractivity contribution in [2.75, 3.05) is 15.6 Å². The van der Waals surface area contributed by atoms with Gasteiger partial charge < -0.3 is 10.6 Å². The van der Waals surface area contributed by atoms with Crippen LogP contribution in [0, 0.1) is 0 Å². The second kappa shape index (κ2) is 14.1. The lowest BCUT2D eigenvalue weighted by atomic mass is 10.1. The zero-order valence-corrected chi connectivity index (χ0v) is 21.2. The molecule has 4 rings (SSSR count). The van der Waals surface area contributed by atoms with Crippen LogP contribution in [0.5, 0.6) is 0 Å². The first-order valence-corrected chi connectivity index (χ1v) is 10.1. The van der Waals surface area contributed by atoms with Crippen molar-refractivity contribution < 1.29 is 9.59 Å². The van der Waals surface area contributed by atoms with E-state index in [0.717, 1.165) is 0 Å². The number of amides is 2. The standard InChI is InChI=1S/C24H18ClN5O2.3ClH/c25-18-9-12-22(26-16-18)29-24(32)20-11-10-19(30-14-6-2-5-13-27-30)15-21(20)28-23(31)17-7-3-1-4-8-17;;;/h1-16H,(H,28,31)(H,26,29,32);3*1H. The molecule has 0 atom stereocenters. The minimum atomic E-state index is -0.425. The lowest BCUT2D eigenvalue weighted by molar-refractivity contribution is 0.102. The molecule has 0 fully saturated rings. The molecule has 11 heteroatoms. The summed E-state index contributed by atoms with van der Waals surface area (Å²) in [5, 5.41) is 12.0. The van der Waals surface area contributed by atoms with Crippen LogP contribution in [0.2, 0.25) is 5.02 Å². The summed E-state index contributed by atoms with van der Waals surface area (Å²) in [4.78, 5) is 29.9. The van der Waals surface area contributed by atoms with Crippen molar-refractivity contribution in [1.82, 2.24) is 4.98 Å². The Morgan fingerprint density at radius 3 is 2.31 bits per heavy atom.